The summed E-state index contributed by atoms with van der Waals surface area (Å²) in [5, 5.41) is 21.1. The van der Waals surface area contributed by atoms with Crippen molar-refractivity contribution < 1.29 is 5.11 Å². The van der Waals surface area contributed by atoms with Crippen LogP contribution < -0.4 is 5.32 Å². The molecule has 0 radical (unpaired) electrons. The van der Waals surface area contributed by atoms with Crippen molar-refractivity contribution in [1.29, 1.82) is 5.26 Å². The summed E-state index contributed by atoms with van der Waals surface area (Å²) in [7, 11) is 0. The number of nitriles is 1. The lowest BCUT2D eigenvalue weighted by atomic mass is 10.1. The molecule has 16 heavy (non-hydrogen) atoms. The van der Waals surface area contributed by atoms with Gasteiger partial charge in [0, 0.05) is 12.6 Å². The highest BCUT2D eigenvalue weighted by Gasteiger charge is 2.07. The van der Waals surface area contributed by atoms with E-state index in [9.17, 15) is 0 Å². The maximum atomic E-state index is 8.86. The maximum absolute atomic E-state index is 8.86. The van der Waals surface area contributed by atoms with Crippen molar-refractivity contribution in [3.05, 3.63) is 22.8 Å². The Hall–Kier alpha value is -1.31. The van der Waals surface area contributed by atoms with E-state index in [1.807, 2.05) is 13.0 Å². The summed E-state index contributed by atoms with van der Waals surface area (Å²) >= 11 is 5.78. The Labute approximate surface area is 99.9 Å². The minimum Gasteiger partial charge on any atom is -0.396 e. The van der Waals surface area contributed by atoms with E-state index in [4.69, 9.17) is 22.0 Å². The van der Waals surface area contributed by atoms with Gasteiger partial charge in [-0.15, -0.1) is 0 Å². The number of pyridine rings is 1. The van der Waals surface area contributed by atoms with Gasteiger partial charge in [0.2, 0.25) is 0 Å². The zero-order chi connectivity index (χ0) is 12.0. The van der Waals surface area contributed by atoms with E-state index in [0.717, 1.165) is 6.42 Å². The summed E-state index contributed by atoms with van der Waals surface area (Å²) in [6.45, 7) is 2.14. The number of halogens is 1. The molecule has 0 aromatic carbocycles. The van der Waals surface area contributed by atoms with Gasteiger partial charge in [-0.3, -0.25) is 0 Å². The first kappa shape index (κ1) is 12.8. The Kier molecular flexibility index (Phi) is 5.03. The second kappa shape index (κ2) is 6.31. The van der Waals surface area contributed by atoms with Crippen LogP contribution in [-0.2, 0) is 0 Å². The van der Waals surface area contributed by atoms with Crippen LogP contribution in [0.15, 0.2) is 12.1 Å². The van der Waals surface area contributed by atoms with Crippen LogP contribution in [0.1, 0.15) is 25.3 Å². The monoisotopic (exact) mass is 239 g/mol. The highest BCUT2D eigenvalue weighted by molar-refractivity contribution is 6.29. The molecule has 1 aromatic heterocycles. The highest BCUT2D eigenvalue weighted by Crippen LogP contribution is 2.15. The molecule has 1 rings (SSSR count). The van der Waals surface area contributed by atoms with Gasteiger partial charge < -0.3 is 10.4 Å². The summed E-state index contributed by atoms with van der Waals surface area (Å²) in [6.07, 6.45) is 1.52. The van der Waals surface area contributed by atoms with E-state index >= 15 is 0 Å². The number of nitrogens with one attached hydrogen (secondary N) is 1. The third-order valence-electron chi connectivity index (χ3n) is 2.25. The van der Waals surface area contributed by atoms with E-state index in [1.54, 1.807) is 6.07 Å². The van der Waals surface area contributed by atoms with Gasteiger partial charge in [0.05, 0.1) is 11.6 Å². The van der Waals surface area contributed by atoms with Crippen molar-refractivity contribution in [2.24, 2.45) is 0 Å². The molecule has 0 aliphatic rings. The third kappa shape index (κ3) is 3.69. The number of hydrogen-bond donors (Lipinski definition) is 2. The zero-order valence-electron chi connectivity index (χ0n) is 9.07. The van der Waals surface area contributed by atoms with Crippen molar-refractivity contribution in [3.63, 3.8) is 0 Å². The fourth-order valence-electron chi connectivity index (χ4n) is 1.38. The molecule has 2 N–H and O–H groups in total. The fourth-order valence-corrected chi connectivity index (χ4v) is 1.59. The van der Waals surface area contributed by atoms with Crippen molar-refractivity contribution in [3.8, 4) is 6.07 Å². The molecule has 0 fully saturated rings. The summed E-state index contributed by atoms with van der Waals surface area (Å²) in [6, 6.07) is 5.32. The van der Waals surface area contributed by atoms with Crippen LogP contribution in [0.25, 0.3) is 0 Å². The van der Waals surface area contributed by atoms with Gasteiger partial charge in [0.1, 0.15) is 11.0 Å². The SMILES string of the molecule is CCC(CCO)Nc1cc(C#N)cc(Cl)n1. The Morgan fingerprint density at radius 3 is 2.94 bits per heavy atom. The predicted molar refractivity (Wildman–Crippen MR) is 63.4 cm³/mol. The van der Waals surface area contributed by atoms with Gasteiger partial charge >= 0.3 is 0 Å². The Balaban J connectivity index is 2.80. The summed E-state index contributed by atoms with van der Waals surface area (Å²) in [5.74, 6) is 0.573. The van der Waals surface area contributed by atoms with Crippen LogP contribution in [0, 0.1) is 11.3 Å². The molecule has 1 aromatic rings. The number of anilines is 1. The summed E-state index contributed by atoms with van der Waals surface area (Å²) < 4.78 is 0. The van der Waals surface area contributed by atoms with E-state index < -0.39 is 0 Å². The lowest BCUT2D eigenvalue weighted by Gasteiger charge is -2.16. The topological polar surface area (TPSA) is 68.9 Å². The van der Waals surface area contributed by atoms with Gasteiger partial charge in [0.15, 0.2) is 0 Å². The number of hydrogen-bond acceptors (Lipinski definition) is 4. The molecule has 0 spiro atoms. The second-order valence-electron chi connectivity index (χ2n) is 3.44. The van der Waals surface area contributed by atoms with Crippen molar-refractivity contribution in [1.82, 2.24) is 4.98 Å². The van der Waals surface area contributed by atoms with Crippen LogP contribution in [0.4, 0.5) is 5.82 Å². The molecule has 0 saturated heterocycles. The second-order valence-corrected chi connectivity index (χ2v) is 3.82. The van der Waals surface area contributed by atoms with Crippen molar-refractivity contribution in [2.75, 3.05) is 11.9 Å². The summed E-state index contributed by atoms with van der Waals surface area (Å²) in [4.78, 5) is 4.07. The van der Waals surface area contributed by atoms with Crippen LogP contribution in [0.3, 0.4) is 0 Å². The minimum atomic E-state index is 0.122. The molecule has 0 aliphatic heterocycles. The number of rotatable bonds is 5. The first-order chi connectivity index (χ1) is 7.69. The number of nitrogens with zero attached hydrogens (tertiary/aromatic N) is 2. The Bertz CT molecular complexity index is 389. The molecule has 1 unspecified atom stereocenters. The van der Waals surface area contributed by atoms with Crippen LogP contribution in [0.5, 0.6) is 0 Å². The molecule has 4 nitrogen and oxygen atoms in total. The molecule has 5 heteroatoms. The smallest absolute Gasteiger partial charge is 0.132 e. The number of aromatic nitrogens is 1. The molecular weight excluding hydrogens is 226 g/mol. The third-order valence-corrected chi connectivity index (χ3v) is 2.44. The zero-order valence-corrected chi connectivity index (χ0v) is 9.83. The van der Waals surface area contributed by atoms with Gasteiger partial charge in [-0.25, -0.2) is 4.98 Å². The average Bonchev–Trinajstić information content (AvgIpc) is 2.27. The molecular formula is C11H14ClN3O. The van der Waals surface area contributed by atoms with Gasteiger partial charge in [-0.2, -0.15) is 5.26 Å². The minimum absolute atomic E-state index is 0.122. The van der Waals surface area contributed by atoms with Crippen LogP contribution >= 0.6 is 11.6 Å². The number of aliphatic hydroxyl groups excluding tert-OH is 1. The van der Waals surface area contributed by atoms with E-state index in [1.165, 1.54) is 6.07 Å². The average molecular weight is 240 g/mol. The molecule has 0 amide bonds. The lowest BCUT2D eigenvalue weighted by Crippen LogP contribution is -2.20. The Morgan fingerprint density at radius 2 is 2.38 bits per heavy atom. The van der Waals surface area contributed by atoms with E-state index in [-0.39, 0.29) is 12.6 Å². The van der Waals surface area contributed by atoms with E-state index in [2.05, 4.69) is 10.3 Å². The Morgan fingerprint density at radius 1 is 1.62 bits per heavy atom. The van der Waals surface area contributed by atoms with Gasteiger partial charge in [-0.1, -0.05) is 18.5 Å². The summed E-state index contributed by atoms with van der Waals surface area (Å²) in [5.41, 5.74) is 0.473. The first-order valence-corrected chi connectivity index (χ1v) is 5.52. The standard InChI is InChI=1S/C11H14ClN3O/c1-2-9(3-4-16)14-11-6-8(7-13)5-10(12)15-11/h5-6,9,16H,2-4H2,1H3,(H,14,15). The van der Waals surface area contributed by atoms with Crippen LogP contribution in [-0.4, -0.2) is 22.7 Å². The van der Waals surface area contributed by atoms with Gasteiger partial charge in [-0.05, 0) is 25.0 Å². The molecule has 1 heterocycles. The number of aliphatic hydroxyl groups is 1. The highest BCUT2D eigenvalue weighted by atomic mass is 35.5. The largest absolute Gasteiger partial charge is 0.396 e. The first-order valence-electron chi connectivity index (χ1n) is 5.14. The molecule has 0 saturated carbocycles. The van der Waals surface area contributed by atoms with Crippen LogP contribution in [0.2, 0.25) is 5.15 Å². The normalized spacial score (nSPS) is 11.9. The van der Waals surface area contributed by atoms with Crippen molar-refractivity contribution >= 4 is 17.4 Å². The van der Waals surface area contributed by atoms with Crippen molar-refractivity contribution in [2.45, 2.75) is 25.8 Å². The lowest BCUT2D eigenvalue weighted by molar-refractivity contribution is 0.278. The van der Waals surface area contributed by atoms with Gasteiger partial charge in [0.25, 0.3) is 0 Å². The molecule has 86 valence electrons. The predicted octanol–water partition coefficient (Wildman–Crippen LogP) is 2.18. The molecule has 0 bridgehead atoms. The quantitative estimate of drug-likeness (QED) is 0.773. The molecule has 0 aliphatic carbocycles. The van der Waals surface area contributed by atoms with E-state index in [0.29, 0.717) is 23.0 Å². The fraction of sp³-hybridized carbons (Fsp3) is 0.455. The molecule has 1 atom stereocenters. The maximum Gasteiger partial charge on any atom is 0.132 e.